The molecule has 0 amide bonds. The van der Waals surface area contributed by atoms with E-state index in [1.54, 1.807) is 53.1 Å². The highest BCUT2D eigenvalue weighted by atomic mass is 19.1. The number of rotatable bonds is 6. The maximum atomic E-state index is 12.9. The highest BCUT2D eigenvalue weighted by Gasteiger charge is 2.15. The number of hydrogen-bond acceptors (Lipinski definition) is 16. The van der Waals surface area contributed by atoms with Crippen molar-refractivity contribution in [2.75, 3.05) is 24.7 Å². The molecule has 0 atom stereocenters. The highest BCUT2D eigenvalue weighted by Crippen LogP contribution is 2.28. The van der Waals surface area contributed by atoms with Gasteiger partial charge in [-0.2, -0.15) is 17.6 Å². The van der Waals surface area contributed by atoms with Gasteiger partial charge in [-0.1, -0.05) is 34.4 Å². The number of benzene rings is 4. The van der Waals surface area contributed by atoms with E-state index in [4.69, 9.17) is 5.73 Å². The largest absolute Gasteiger partial charge is 0.399 e. The van der Waals surface area contributed by atoms with Crippen molar-refractivity contribution in [1.82, 2.24) is 77.4 Å². The second-order valence-corrected chi connectivity index (χ2v) is 19.6. The van der Waals surface area contributed by atoms with E-state index in [1.165, 1.54) is 61.2 Å². The molecular weight excluding hydrogens is 1150 g/mol. The molecule has 0 aliphatic carbocycles. The lowest BCUT2D eigenvalue weighted by atomic mass is 10.2. The molecule has 12 heterocycles. The lowest BCUT2D eigenvalue weighted by molar-refractivity contribution is -0.384. The fraction of sp³-hybridized carbons (Fsp3) is 0.0769. The molecule has 0 radical (unpaired) electrons. The van der Waals surface area contributed by atoms with Gasteiger partial charge in [-0.15, -0.1) is 0 Å². The van der Waals surface area contributed by atoms with Crippen molar-refractivity contribution in [3.05, 3.63) is 235 Å². The first-order valence-corrected chi connectivity index (χ1v) is 26.4. The summed E-state index contributed by atoms with van der Waals surface area (Å²) in [6, 6.07) is 43.0. The van der Waals surface area contributed by atoms with Crippen LogP contribution in [0.5, 0.6) is 0 Å². The van der Waals surface area contributed by atoms with Crippen molar-refractivity contribution in [3.63, 3.8) is 0 Å². The topological polar surface area (TPSA) is 245 Å². The van der Waals surface area contributed by atoms with Gasteiger partial charge in [0.1, 0.15) is 0 Å². The van der Waals surface area contributed by atoms with Crippen molar-refractivity contribution in [2.45, 2.75) is 22.3 Å². The number of nitro benzene ring substituents is 1. The second-order valence-electron chi connectivity index (χ2n) is 19.6. The van der Waals surface area contributed by atoms with E-state index < -0.39 is 28.7 Å². The molecule has 0 bridgehead atoms. The first-order valence-electron chi connectivity index (χ1n) is 26.4. The van der Waals surface area contributed by atoms with Gasteiger partial charge in [0.05, 0.1) is 71.8 Å². The average molecular weight is 1210 g/mol. The van der Waals surface area contributed by atoms with Gasteiger partial charge in [0, 0.05) is 109 Å². The summed E-state index contributed by atoms with van der Waals surface area (Å²) in [7, 11) is 4.00. The van der Waals surface area contributed by atoms with Gasteiger partial charge < -0.3 is 10.6 Å². The van der Waals surface area contributed by atoms with Crippen molar-refractivity contribution in [3.8, 4) is 45.0 Å². The molecule has 0 spiro atoms. The standard InChI is InChI=1S/C17H14FN5.C15H8FN5O2.C15H10FN5.C15H9FN4.3CH4/c1-22(2)12-4-5-14-15(9-12)23-8-7-13(20-17(23)21-14)11-3-6-16(18)19-10-11;16-14-4-1-9(8-17-14)11-5-6-20-13-7-10(21(22)23)2-3-12(13)19-15(20)18-11;16-14-4-1-9(8-18-14)11-5-6-21-13-7-10(17)2-3-12(13)20-15(21)19-11;16-14-6-5-10(9-17-14)11-7-8-20-13-4-2-1-3-12(13)19-15(20)18-11;;;/h3-10H,1-2H3;1-8H;1-8H,17H2;1-9H;3*1H4. The zero-order valence-electron chi connectivity index (χ0n) is 45.5. The van der Waals surface area contributed by atoms with Crippen LogP contribution in [-0.2, 0) is 0 Å². The van der Waals surface area contributed by atoms with Crippen LogP contribution >= 0.6 is 0 Å². The molecule has 0 aliphatic heterocycles. The summed E-state index contributed by atoms with van der Waals surface area (Å²) in [6.07, 6.45) is 13.2. The number of imidazole rings is 4. The number of nitro groups is 1. The maximum Gasteiger partial charge on any atom is 0.271 e. The fourth-order valence-electron chi connectivity index (χ4n) is 9.47. The van der Waals surface area contributed by atoms with Crippen molar-refractivity contribution in [2.24, 2.45) is 0 Å². The molecule has 0 saturated carbocycles. The zero-order valence-corrected chi connectivity index (χ0v) is 45.5. The minimum absolute atomic E-state index is 0. The van der Waals surface area contributed by atoms with Crippen LogP contribution in [0.2, 0.25) is 0 Å². The molecule has 21 nitrogen and oxygen atoms in total. The lowest BCUT2D eigenvalue weighted by Crippen LogP contribution is -2.08. The Bertz CT molecular complexity index is 5250. The Kier molecular flexibility index (Phi) is 17.1. The first-order chi connectivity index (χ1) is 42.2. The lowest BCUT2D eigenvalue weighted by Gasteiger charge is -2.11. The normalized spacial score (nSPS) is 10.9. The van der Waals surface area contributed by atoms with E-state index in [-0.39, 0.29) is 28.0 Å². The van der Waals surface area contributed by atoms with Gasteiger partial charge in [0.2, 0.25) is 46.9 Å². The fourth-order valence-corrected chi connectivity index (χ4v) is 9.47. The van der Waals surface area contributed by atoms with E-state index in [1.807, 2.05) is 118 Å². The van der Waals surface area contributed by atoms with E-state index >= 15 is 0 Å². The number of hydrogen-bond donors (Lipinski definition) is 1. The Morgan fingerprint density at radius 3 is 1.12 bits per heavy atom. The Labute approximate surface area is 509 Å². The minimum Gasteiger partial charge on any atom is -0.399 e. The Morgan fingerprint density at radius 1 is 0.400 bits per heavy atom. The number of pyridine rings is 4. The molecule has 16 rings (SSSR count). The number of non-ortho nitro benzene ring substituents is 1. The molecule has 16 aromatic rings. The van der Waals surface area contributed by atoms with Crippen LogP contribution in [0.3, 0.4) is 0 Å². The average Bonchev–Trinajstić information content (AvgIpc) is 1.79. The van der Waals surface area contributed by atoms with Crippen LogP contribution in [0.15, 0.2) is 201 Å². The quantitative estimate of drug-likeness (QED) is 0.0534. The predicted octanol–water partition coefficient (Wildman–Crippen LogP) is 13.8. The van der Waals surface area contributed by atoms with Crippen molar-refractivity contribution in [1.29, 1.82) is 0 Å². The number of nitrogens with zero attached hydrogens (tertiary/aromatic N) is 18. The van der Waals surface area contributed by atoms with Crippen LogP contribution in [0.25, 0.3) is 112 Å². The molecule has 2 N–H and O–H groups in total. The van der Waals surface area contributed by atoms with E-state index in [2.05, 4.69) is 65.9 Å². The molecule has 448 valence electrons. The molecule has 0 unspecified atom stereocenters. The Balaban J connectivity index is 0.000000131. The molecule has 0 fully saturated rings. The minimum atomic E-state index is -0.561. The smallest absolute Gasteiger partial charge is 0.271 e. The molecule has 0 aliphatic rings. The number of aromatic nitrogens is 16. The number of fused-ring (bicyclic) bond motifs is 12. The molecular formula is C65H53F4N19O2. The van der Waals surface area contributed by atoms with Crippen molar-refractivity contribution < 1.29 is 22.5 Å². The summed E-state index contributed by atoms with van der Waals surface area (Å²) in [5.74, 6) is 0.125. The molecule has 0 saturated heterocycles. The van der Waals surface area contributed by atoms with Gasteiger partial charge in [-0.3, -0.25) is 27.7 Å². The second kappa shape index (κ2) is 25.4. The number of halogens is 4. The Morgan fingerprint density at radius 2 is 0.744 bits per heavy atom. The molecule has 90 heavy (non-hydrogen) atoms. The van der Waals surface area contributed by atoms with Gasteiger partial charge >= 0.3 is 0 Å². The molecule has 4 aromatic carbocycles. The summed E-state index contributed by atoms with van der Waals surface area (Å²) in [5.41, 5.74) is 20.0. The molecule has 25 heteroatoms. The Hall–Kier alpha value is -12.3. The van der Waals surface area contributed by atoms with E-state index in [0.29, 0.717) is 62.5 Å². The number of nitrogen functional groups attached to an aromatic ring is 1. The third kappa shape index (κ3) is 12.3. The summed E-state index contributed by atoms with van der Waals surface area (Å²) >= 11 is 0. The van der Waals surface area contributed by atoms with Crippen LogP contribution in [0.4, 0.5) is 34.6 Å². The SMILES string of the molecule is C.C.C.CN(C)c1ccc2nc3nc(-c4ccc(F)nc4)ccn3c2c1.Fc1ccc(-c2ccn3c(n2)nc2ccccc23)cn1.Nc1ccc2nc3nc(-c4ccc(F)nc4)ccn3c2c1.O=[N+]([O-])c1ccc2nc3nc(-c4ccc(F)nc4)ccn3c2c1. The first kappa shape index (κ1) is 60.8. The van der Waals surface area contributed by atoms with Crippen LogP contribution in [-0.4, -0.2) is 96.4 Å². The van der Waals surface area contributed by atoms with Crippen molar-refractivity contribution >= 4 is 84.3 Å². The van der Waals surface area contributed by atoms with E-state index in [9.17, 15) is 27.7 Å². The zero-order chi connectivity index (χ0) is 59.9. The van der Waals surface area contributed by atoms with E-state index in [0.717, 1.165) is 61.2 Å². The predicted molar refractivity (Wildman–Crippen MR) is 340 cm³/mol. The highest BCUT2D eigenvalue weighted by molar-refractivity contribution is 5.86. The third-order valence-electron chi connectivity index (χ3n) is 13.8. The van der Waals surface area contributed by atoms with Crippen LogP contribution in [0, 0.1) is 33.9 Å². The summed E-state index contributed by atoms with van der Waals surface area (Å²) in [4.78, 5) is 62.9. The van der Waals surface area contributed by atoms with Gasteiger partial charge in [0.25, 0.3) is 5.69 Å². The number of anilines is 2. The third-order valence-corrected chi connectivity index (χ3v) is 13.8. The summed E-state index contributed by atoms with van der Waals surface area (Å²) in [6.45, 7) is 0. The monoisotopic (exact) mass is 1210 g/mol. The van der Waals surface area contributed by atoms with Gasteiger partial charge in [-0.25, -0.2) is 59.8 Å². The number of para-hydroxylation sites is 2. The maximum absolute atomic E-state index is 12.9. The van der Waals surface area contributed by atoms with Gasteiger partial charge in [0.15, 0.2) is 0 Å². The number of nitrogens with two attached hydrogens (primary N) is 1. The van der Waals surface area contributed by atoms with Gasteiger partial charge in [-0.05, 0) is 127 Å². The summed E-state index contributed by atoms with van der Waals surface area (Å²) in [5, 5.41) is 10.9. The molecule has 12 aromatic heterocycles. The van der Waals surface area contributed by atoms with Crippen LogP contribution in [0.1, 0.15) is 22.3 Å². The summed E-state index contributed by atoms with van der Waals surface area (Å²) < 4.78 is 59.0. The van der Waals surface area contributed by atoms with Crippen LogP contribution < -0.4 is 10.6 Å².